The van der Waals surface area contributed by atoms with Gasteiger partial charge in [0.1, 0.15) is 0 Å². The van der Waals surface area contributed by atoms with E-state index in [4.69, 9.17) is 0 Å². The van der Waals surface area contributed by atoms with E-state index in [0.29, 0.717) is 0 Å². The van der Waals surface area contributed by atoms with Crippen LogP contribution in [0.3, 0.4) is 0 Å². The van der Waals surface area contributed by atoms with Crippen LogP contribution >= 0.6 is 0 Å². The van der Waals surface area contributed by atoms with E-state index in [1.54, 1.807) is 0 Å². The lowest BCUT2D eigenvalue weighted by Gasteiger charge is -2.34. The summed E-state index contributed by atoms with van der Waals surface area (Å²) in [7, 11) is 2.14. The molecule has 1 heteroatoms. The van der Waals surface area contributed by atoms with E-state index in [0.717, 1.165) is 0 Å². The summed E-state index contributed by atoms with van der Waals surface area (Å²) < 4.78 is 0. The van der Waals surface area contributed by atoms with Crippen molar-refractivity contribution in [2.24, 2.45) is 0 Å². The summed E-state index contributed by atoms with van der Waals surface area (Å²) in [5, 5.41) is 2.60. The van der Waals surface area contributed by atoms with E-state index in [1.807, 2.05) is 0 Å². The predicted molar refractivity (Wildman–Crippen MR) is 72.1 cm³/mol. The Bertz CT molecular complexity index is 494. The number of fused-ring (bicyclic) bond motifs is 1. The summed E-state index contributed by atoms with van der Waals surface area (Å²) in [4.78, 5) is 2.31. The number of nitrogens with zero attached hydrogens (tertiary/aromatic N) is 1. The molecule has 2 aromatic carbocycles. The standard InChI is InChI=1S/C15H19N/c1-15(2,3)16(4)14-10-9-12-7-5-6-8-13(12)11-14/h5-11H,1-4H3. The minimum absolute atomic E-state index is 0.155. The van der Waals surface area contributed by atoms with Crippen molar-refractivity contribution >= 4 is 16.5 Å². The smallest absolute Gasteiger partial charge is 0.0374 e. The first-order valence-electron chi connectivity index (χ1n) is 5.71. The Balaban J connectivity index is 2.47. The lowest BCUT2D eigenvalue weighted by Crippen LogP contribution is -2.37. The Morgan fingerprint density at radius 3 is 2.12 bits per heavy atom. The van der Waals surface area contributed by atoms with Gasteiger partial charge in [0.25, 0.3) is 0 Å². The molecule has 0 N–H and O–H groups in total. The van der Waals surface area contributed by atoms with Gasteiger partial charge in [0.2, 0.25) is 0 Å². The van der Waals surface area contributed by atoms with Crippen molar-refractivity contribution in [2.45, 2.75) is 26.3 Å². The fraction of sp³-hybridized carbons (Fsp3) is 0.333. The zero-order valence-corrected chi connectivity index (χ0v) is 10.5. The summed E-state index contributed by atoms with van der Waals surface area (Å²) in [6.45, 7) is 6.67. The van der Waals surface area contributed by atoms with Gasteiger partial charge in [-0.1, -0.05) is 30.3 Å². The topological polar surface area (TPSA) is 3.24 Å². The van der Waals surface area contributed by atoms with Crippen molar-refractivity contribution in [3.8, 4) is 0 Å². The van der Waals surface area contributed by atoms with Gasteiger partial charge in [0.05, 0.1) is 0 Å². The average Bonchev–Trinajstić information content (AvgIpc) is 2.26. The first-order valence-corrected chi connectivity index (χ1v) is 5.71. The maximum atomic E-state index is 2.31. The molecule has 0 atom stereocenters. The minimum atomic E-state index is 0.155. The summed E-state index contributed by atoms with van der Waals surface area (Å²) in [6.07, 6.45) is 0. The van der Waals surface area contributed by atoms with Crippen molar-refractivity contribution < 1.29 is 0 Å². The fourth-order valence-electron chi connectivity index (χ4n) is 1.77. The van der Waals surface area contributed by atoms with E-state index in [-0.39, 0.29) is 5.54 Å². The number of hydrogen-bond donors (Lipinski definition) is 0. The maximum Gasteiger partial charge on any atom is 0.0374 e. The third-order valence-corrected chi connectivity index (χ3v) is 3.13. The molecule has 0 saturated heterocycles. The molecule has 0 fully saturated rings. The summed E-state index contributed by atoms with van der Waals surface area (Å²) >= 11 is 0. The summed E-state index contributed by atoms with van der Waals surface area (Å²) in [5.74, 6) is 0. The Morgan fingerprint density at radius 2 is 1.50 bits per heavy atom. The van der Waals surface area contributed by atoms with E-state index in [1.165, 1.54) is 16.5 Å². The Labute approximate surface area is 97.7 Å². The second-order valence-corrected chi connectivity index (χ2v) is 5.26. The molecule has 2 aromatic rings. The van der Waals surface area contributed by atoms with Crippen LogP contribution in [0, 0.1) is 0 Å². The normalized spacial score (nSPS) is 11.8. The molecule has 0 heterocycles. The maximum absolute atomic E-state index is 2.31. The second-order valence-electron chi connectivity index (χ2n) is 5.26. The van der Waals surface area contributed by atoms with Crippen LogP contribution in [0.4, 0.5) is 5.69 Å². The molecule has 16 heavy (non-hydrogen) atoms. The van der Waals surface area contributed by atoms with E-state index in [2.05, 4.69) is 75.2 Å². The molecule has 0 unspecified atom stereocenters. The van der Waals surface area contributed by atoms with Crippen molar-refractivity contribution in [1.29, 1.82) is 0 Å². The molecule has 0 aliphatic rings. The van der Waals surface area contributed by atoms with Crippen LogP contribution in [0.5, 0.6) is 0 Å². The highest BCUT2D eigenvalue weighted by Gasteiger charge is 2.17. The molecule has 0 saturated carbocycles. The SMILES string of the molecule is CN(c1ccc2ccccc2c1)C(C)(C)C. The van der Waals surface area contributed by atoms with Gasteiger partial charge in [0, 0.05) is 18.3 Å². The number of benzene rings is 2. The first-order chi connectivity index (χ1) is 7.48. The third-order valence-electron chi connectivity index (χ3n) is 3.13. The van der Waals surface area contributed by atoms with Gasteiger partial charge in [-0.15, -0.1) is 0 Å². The fourth-order valence-corrected chi connectivity index (χ4v) is 1.77. The van der Waals surface area contributed by atoms with Crippen molar-refractivity contribution in [1.82, 2.24) is 0 Å². The van der Waals surface area contributed by atoms with E-state index in [9.17, 15) is 0 Å². The van der Waals surface area contributed by atoms with Crippen LogP contribution in [0.15, 0.2) is 42.5 Å². The van der Waals surface area contributed by atoms with Crippen LogP contribution in [0.1, 0.15) is 20.8 Å². The molecular formula is C15H19N. The van der Waals surface area contributed by atoms with Crippen molar-refractivity contribution in [3.63, 3.8) is 0 Å². The monoisotopic (exact) mass is 213 g/mol. The van der Waals surface area contributed by atoms with Crippen LogP contribution in [-0.2, 0) is 0 Å². The molecule has 0 aromatic heterocycles. The zero-order valence-electron chi connectivity index (χ0n) is 10.5. The van der Waals surface area contributed by atoms with Gasteiger partial charge < -0.3 is 4.90 Å². The highest BCUT2D eigenvalue weighted by molar-refractivity contribution is 5.85. The van der Waals surface area contributed by atoms with Gasteiger partial charge in [-0.05, 0) is 43.7 Å². The molecule has 2 rings (SSSR count). The van der Waals surface area contributed by atoms with E-state index < -0.39 is 0 Å². The van der Waals surface area contributed by atoms with Crippen LogP contribution in [0.2, 0.25) is 0 Å². The summed E-state index contributed by atoms with van der Waals surface area (Å²) in [5.41, 5.74) is 1.42. The lowest BCUT2D eigenvalue weighted by molar-refractivity contribution is 0.539. The van der Waals surface area contributed by atoms with Crippen LogP contribution in [-0.4, -0.2) is 12.6 Å². The molecule has 0 amide bonds. The van der Waals surface area contributed by atoms with E-state index >= 15 is 0 Å². The van der Waals surface area contributed by atoms with Gasteiger partial charge in [-0.25, -0.2) is 0 Å². The largest absolute Gasteiger partial charge is 0.370 e. The number of hydrogen-bond acceptors (Lipinski definition) is 1. The molecule has 0 spiro atoms. The molecular weight excluding hydrogens is 194 g/mol. The second kappa shape index (κ2) is 3.82. The quantitative estimate of drug-likeness (QED) is 0.690. The van der Waals surface area contributed by atoms with Gasteiger partial charge in [-0.3, -0.25) is 0 Å². The lowest BCUT2D eigenvalue weighted by atomic mass is 10.0. The average molecular weight is 213 g/mol. The first kappa shape index (κ1) is 11.0. The highest BCUT2D eigenvalue weighted by Crippen LogP contribution is 2.25. The highest BCUT2D eigenvalue weighted by atomic mass is 15.2. The Kier molecular flexibility index (Phi) is 2.63. The third kappa shape index (κ3) is 2.04. The van der Waals surface area contributed by atoms with Crippen LogP contribution in [0.25, 0.3) is 10.8 Å². The van der Waals surface area contributed by atoms with Gasteiger partial charge >= 0.3 is 0 Å². The Morgan fingerprint density at radius 1 is 0.875 bits per heavy atom. The summed E-state index contributed by atoms with van der Waals surface area (Å²) in [6, 6.07) is 15.1. The molecule has 84 valence electrons. The molecule has 0 aliphatic carbocycles. The van der Waals surface area contributed by atoms with Crippen molar-refractivity contribution in [2.75, 3.05) is 11.9 Å². The predicted octanol–water partition coefficient (Wildman–Crippen LogP) is 4.07. The molecule has 0 aliphatic heterocycles. The number of rotatable bonds is 1. The van der Waals surface area contributed by atoms with Gasteiger partial charge in [-0.2, -0.15) is 0 Å². The van der Waals surface area contributed by atoms with Gasteiger partial charge in [0.15, 0.2) is 0 Å². The van der Waals surface area contributed by atoms with Crippen LogP contribution < -0.4 is 4.90 Å². The zero-order chi connectivity index (χ0) is 11.8. The Hall–Kier alpha value is -1.50. The van der Waals surface area contributed by atoms with Crippen molar-refractivity contribution in [3.05, 3.63) is 42.5 Å². The number of anilines is 1. The molecule has 0 bridgehead atoms. The minimum Gasteiger partial charge on any atom is -0.370 e. The molecule has 0 radical (unpaired) electrons. The molecule has 1 nitrogen and oxygen atoms in total.